The summed E-state index contributed by atoms with van der Waals surface area (Å²) in [5, 5.41) is 3.29. The number of benzene rings is 1. The Balaban J connectivity index is 1.74. The SMILES string of the molecule is Cc1cccc(-c2cc(NCCC3=NC(C)NN3)nc(N)n2)c1C. The number of aryl methyl sites for hydroxylation is 1. The number of hydrogen-bond acceptors (Lipinski definition) is 7. The van der Waals surface area contributed by atoms with Crippen LogP contribution in [0.5, 0.6) is 0 Å². The number of nitrogen functional groups attached to an aromatic ring is 1. The minimum absolute atomic E-state index is 0.116. The molecule has 0 saturated heterocycles. The zero-order valence-corrected chi connectivity index (χ0v) is 14.2. The van der Waals surface area contributed by atoms with Gasteiger partial charge in [-0.3, -0.25) is 4.99 Å². The maximum absolute atomic E-state index is 5.89. The number of amidine groups is 1. The Morgan fingerprint density at radius 1 is 1.25 bits per heavy atom. The van der Waals surface area contributed by atoms with Gasteiger partial charge in [-0.1, -0.05) is 18.2 Å². The number of nitrogens with one attached hydrogen (secondary N) is 3. The molecule has 1 aromatic carbocycles. The first-order valence-electron chi connectivity index (χ1n) is 8.06. The summed E-state index contributed by atoms with van der Waals surface area (Å²) in [6.45, 7) is 6.89. The molecule has 5 N–H and O–H groups in total. The van der Waals surface area contributed by atoms with Crippen molar-refractivity contribution in [1.82, 2.24) is 20.8 Å². The highest BCUT2D eigenvalue weighted by Gasteiger charge is 2.11. The lowest BCUT2D eigenvalue weighted by atomic mass is 10.0. The van der Waals surface area contributed by atoms with Crippen molar-refractivity contribution in [3.8, 4) is 11.3 Å². The van der Waals surface area contributed by atoms with Crippen LogP contribution in [0.3, 0.4) is 0 Å². The van der Waals surface area contributed by atoms with Gasteiger partial charge < -0.3 is 16.5 Å². The van der Waals surface area contributed by atoms with E-state index >= 15 is 0 Å². The first kappa shape index (κ1) is 16.2. The van der Waals surface area contributed by atoms with Crippen LogP contribution in [-0.2, 0) is 0 Å². The molecule has 0 amide bonds. The number of nitrogens with zero attached hydrogens (tertiary/aromatic N) is 3. The van der Waals surface area contributed by atoms with Gasteiger partial charge in [-0.15, -0.1) is 0 Å². The summed E-state index contributed by atoms with van der Waals surface area (Å²) in [5.74, 6) is 1.92. The molecule has 0 aliphatic carbocycles. The topological polar surface area (TPSA) is 100 Å². The van der Waals surface area contributed by atoms with Crippen LogP contribution in [0, 0.1) is 13.8 Å². The fourth-order valence-corrected chi connectivity index (χ4v) is 2.65. The molecule has 0 bridgehead atoms. The molecule has 1 aliphatic heterocycles. The number of hydrogen-bond donors (Lipinski definition) is 4. The third kappa shape index (κ3) is 3.62. The third-order valence-corrected chi connectivity index (χ3v) is 4.07. The summed E-state index contributed by atoms with van der Waals surface area (Å²) in [6, 6.07) is 8.11. The van der Waals surface area contributed by atoms with E-state index in [4.69, 9.17) is 5.73 Å². The molecule has 1 unspecified atom stereocenters. The summed E-state index contributed by atoms with van der Waals surface area (Å²) < 4.78 is 0. The molecule has 2 aromatic rings. The van der Waals surface area contributed by atoms with Gasteiger partial charge in [-0.05, 0) is 31.9 Å². The molecule has 7 heteroatoms. The van der Waals surface area contributed by atoms with Crippen molar-refractivity contribution in [3.05, 3.63) is 35.4 Å². The molecule has 0 radical (unpaired) electrons. The lowest BCUT2D eigenvalue weighted by molar-refractivity contribution is 0.588. The fourth-order valence-electron chi connectivity index (χ4n) is 2.65. The van der Waals surface area contributed by atoms with Crippen molar-refractivity contribution in [2.45, 2.75) is 33.4 Å². The van der Waals surface area contributed by atoms with Crippen LogP contribution in [0.25, 0.3) is 11.3 Å². The van der Waals surface area contributed by atoms with Crippen LogP contribution in [0.1, 0.15) is 24.5 Å². The molecular formula is C17H23N7. The second-order valence-corrected chi connectivity index (χ2v) is 5.94. The molecule has 24 heavy (non-hydrogen) atoms. The van der Waals surface area contributed by atoms with Crippen LogP contribution in [-0.4, -0.2) is 28.5 Å². The minimum Gasteiger partial charge on any atom is -0.369 e. The Morgan fingerprint density at radius 2 is 2.08 bits per heavy atom. The maximum Gasteiger partial charge on any atom is 0.222 e. The average molecular weight is 325 g/mol. The maximum atomic E-state index is 5.89. The Labute approximate surface area is 141 Å². The van der Waals surface area contributed by atoms with E-state index < -0.39 is 0 Å². The molecule has 0 fully saturated rings. The predicted molar refractivity (Wildman–Crippen MR) is 97.6 cm³/mol. The first-order chi connectivity index (χ1) is 11.5. The lowest BCUT2D eigenvalue weighted by Gasteiger charge is -2.11. The number of aliphatic imine (C=N–C) groups is 1. The highest BCUT2D eigenvalue weighted by atomic mass is 15.5. The number of rotatable bonds is 5. The first-order valence-corrected chi connectivity index (χ1v) is 8.06. The van der Waals surface area contributed by atoms with Crippen molar-refractivity contribution in [2.75, 3.05) is 17.6 Å². The Kier molecular flexibility index (Phi) is 4.61. The number of nitrogens with two attached hydrogens (primary N) is 1. The van der Waals surface area contributed by atoms with Gasteiger partial charge in [-0.25, -0.2) is 10.4 Å². The molecule has 2 heterocycles. The number of anilines is 2. The average Bonchev–Trinajstić information content (AvgIpc) is 2.95. The van der Waals surface area contributed by atoms with Gasteiger partial charge in [0.05, 0.1) is 5.69 Å². The standard InChI is InChI=1S/C17H23N7/c1-10-5-4-6-13(11(10)2)14-9-16(22-17(18)21-14)19-8-7-15-20-12(3)23-24-15/h4-6,9,12,23H,7-8H2,1-3H3,(H,20,24)(H3,18,19,21,22). The van der Waals surface area contributed by atoms with Crippen molar-refractivity contribution in [2.24, 2.45) is 4.99 Å². The Bertz CT molecular complexity index is 770. The smallest absolute Gasteiger partial charge is 0.222 e. The van der Waals surface area contributed by atoms with Crippen LogP contribution in [0.4, 0.5) is 11.8 Å². The summed E-state index contributed by atoms with van der Waals surface area (Å²) in [6.07, 6.45) is 0.894. The third-order valence-electron chi connectivity index (χ3n) is 4.07. The van der Waals surface area contributed by atoms with Crippen LogP contribution < -0.4 is 21.9 Å². The second kappa shape index (κ2) is 6.84. The van der Waals surface area contributed by atoms with Gasteiger partial charge in [0.25, 0.3) is 0 Å². The highest BCUT2D eigenvalue weighted by molar-refractivity contribution is 5.83. The van der Waals surface area contributed by atoms with E-state index in [0.717, 1.165) is 29.3 Å². The zero-order valence-electron chi connectivity index (χ0n) is 14.2. The van der Waals surface area contributed by atoms with Crippen molar-refractivity contribution in [1.29, 1.82) is 0 Å². The van der Waals surface area contributed by atoms with E-state index in [2.05, 4.69) is 57.1 Å². The van der Waals surface area contributed by atoms with Crippen LogP contribution in [0.2, 0.25) is 0 Å². The predicted octanol–water partition coefficient (Wildman–Crippen LogP) is 2.00. The van der Waals surface area contributed by atoms with Gasteiger partial charge in [-0.2, -0.15) is 4.98 Å². The molecule has 1 aromatic heterocycles. The highest BCUT2D eigenvalue weighted by Crippen LogP contribution is 2.25. The molecule has 7 nitrogen and oxygen atoms in total. The van der Waals surface area contributed by atoms with Crippen molar-refractivity contribution < 1.29 is 0 Å². The minimum atomic E-state index is 0.116. The van der Waals surface area contributed by atoms with E-state index in [9.17, 15) is 0 Å². The van der Waals surface area contributed by atoms with Gasteiger partial charge in [0, 0.05) is 24.6 Å². The van der Waals surface area contributed by atoms with E-state index in [1.807, 2.05) is 19.1 Å². The van der Waals surface area contributed by atoms with E-state index in [1.165, 1.54) is 11.1 Å². The molecule has 1 atom stereocenters. The molecule has 0 saturated carbocycles. The normalized spacial score (nSPS) is 16.6. The van der Waals surface area contributed by atoms with Crippen LogP contribution in [0.15, 0.2) is 29.3 Å². The Morgan fingerprint density at radius 3 is 2.83 bits per heavy atom. The van der Waals surface area contributed by atoms with E-state index in [0.29, 0.717) is 6.54 Å². The van der Waals surface area contributed by atoms with Crippen LogP contribution >= 0.6 is 0 Å². The molecule has 0 spiro atoms. The fraction of sp³-hybridized carbons (Fsp3) is 0.353. The second-order valence-electron chi connectivity index (χ2n) is 5.94. The van der Waals surface area contributed by atoms with Crippen molar-refractivity contribution >= 4 is 17.6 Å². The summed E-state index contributed by atoms with van der Waals surface area (Å²) in [7, 11) is 0. The Hall–Kier alpha value is -2.67. The van der Waals surface area contributed by atoms with Gasteiger partial charge in [0.15, 0.2) is 0 Å². The summed E-state index contributed by atoms with van der Waals surface area (Å²) in [5.41, 5.74) is 16.3. The molecular weight excluding hydrogens is 302 g/mol. The zero-order chi connectivity index (χ0) is 17.1. The number of hydrazine groups is 1. The summed E-state index contributed by atoms with van der Waals surface area (Å²) >= 11 is 0. The van der Waals surface area contributed by atoms with Gasteiger partial charge in [0.1, 0.15) is 17.8 Å². The monoisotopic (exact) mass is 325 g/mol. The molecule has 1 aliphatic rings. The lowest BCUT2D eigenvalue weighted by Crippen LogP contribution is -2.34. The number of aromatic nitrogens is 2. The summed E-state index contributed by atoms with van der Waals surface area (Å²) in [4.78, 5) is 13.1. The largest absolute Gasteiger partial charge is 0.369 e. The molecule has 126 valence electrons. The van der Waals surface area contributed by atoms with Crippen molar-refractivity contribution in [3.63, 3.8) is 0 Å². The van der Waals surface area contributed by atoms with Gasteiger partial charge >= 0.3 is 0 Å². The van der Waals surface area contributed by atoms with E-state index in [-0.39, 0.29) is 12.1 Å². The van der Waals surface area contributed by atoms with E-state index in [1.54, 1.807) is 0 Å². The quantitative estimate of drug-likeness (QED) is 0.671. The molecule has 3 rings (SSSR count). The van der Waals surface area contributed by atoms with Gasteiger partial charge in [0.2, 0.25) is 5.95 Å².